The van der Waals surface area contributed by atoms with E-state index in [-0.39, 0.29) is 5.52 Å². The lowest BCUT2D eigenvalue weighted by molar-refractivity contribution is -0.136. The van der Waals surface area contributed by atoms with Crippen LogP contribution < -0.4 is 0 Å². The Labute approximate surface area is 110 Å². The Bertz CT molecular complexity index is 720. The molecule has 0 saturated heterocycles. The number of hydrogen-bond acceptors (Lipinski definition) is 3. The van der Waals surface area contributed by atoms with Crippen molar-refractivity contribution in [2.75, 3.05) is 0 Å². The lowest BCUT2D eigenvalue weighted by Crippen LogP contribution is -2.05. The summed E-state index contributed by atoms with van der Waals surface area (Å²) in [5, 5.41) is 0.493. The number of halogens is 3. The van der Waals surface area contributed by atoms with Crippen molar-refractivity contribution in [3.63, 3.8) is 0 Å². The minimum atomic E-state index is -4.39. The van der Waals surface area contributed by atoms with Crippen molar-refractivity contribution >= 4 is 21.6 Å². The normalized spacial score (nSPS) is 11.9. The Morgan fingerprint density at radius 3 is 2.53 bits per heavy atom. The molecule has 0 atom stereocenters. The van der Waals surface area contributed by atoms with Gasteiger partial charge in [-0.25, -0.2) is 4.98 Å². The second-order valence-corrected chi connectivity index (χ2v) is 4.91. The third-order valence-electron chi connectivity index (χ3n) is 2.61. The van der Waals surface area contributed by atoms with Crippen molar-refractivity contribution in [2.45, 2.75) is 6.18 Å². The summed E-state index contributed by atoms with van der Waals surface area (Å²) >= 11 is 1.21. The first-order valence-electron chi connectivity index (χ1n) is 5.44. The summed E-state index contributed by atoms with van der Waals surface area (Å²) in [4.78, 5) is 8.19. The van der Waals surface area contributed by atoms with Crippen LogP contribution in [0.1, 0.15) is 5.56 Å². The van der Waals surface area contributed by atoms with Crippen LogP contribution in [0.3, 0.4) is 0 Å². The zero-order valence-corrected chi connectivity index (χ0v) is 10.3. The number of aromatic nitrogens is 2. The molecule has 0 aliphatic carbocycles. The van der Waals surface area contributed by atoms with E-state index in [1.165, 1.54) is 17.4 Å². The topological polar surface area (TPSA) is 25.8 Å². The summed E-state index contributed by atoms with van der Waals surface area (Å²) in [5.41, 5.74) is -0.138. The van der Waals surface area contributed by atoms with Gasteiger partial charge in [0.25, 0.3) is 0 Å². The van der Waals surface area contributed by atoms with Crippen LogP contribution in [-0.2, 0) is 6.18 Å². The second kappa shape index (κ2) is 4.31. The van der Waals surface area contributed by atoms with Crippen molar-refractivity contribution in [3.8, 4) is 10.7 Å². The van der Waals surface area contributed by atoms with Crippen molar-refractivity contribution < 1.29 is 13.2 Å². The van der Waals surface area contributed by atoms with Gasteiger partial charge in [0.1, 0.15) is 5.01 Å². The predicted octanol–water partition coefficient (Wildman–Crippen LogP) is 4.38. The lowest BCUT2D eigenvalue weighted by atomic mass is 10.2. The number of nitrogens with zero attached hydrogens (tertiary/aromatic N) is 2. The molecular weight excluding hydrogens is 273 g/mol. The zero-order valence-electron chi connectivity index (χ0n) is 9.48. The molecule has 6 heteroatoms. The Morgan fingerprint density at radius 1 is 1.00 bits per heavy atom. The van der Waals surface area contributed by atoms with E-state index in [2.05, 4.69) is 9.97 Å². The van der Waals surface area contributed by atoms with Crippen LogP contribution in [0, 0.1) is 0 Å². The molecule has 96 valence electrons. The van der Waals surface area contributed by atoms with Gasteiger partial charge in [0.05, 0.1) is 21.5 Å². The minimum absolute atomic E-state index is 0.0133. The van der Waals surface area contributed by atoms with E-state index in [1.807, 2.05) is 0 Å². The molecule has 0 bridgehead atoms. The Kier molecular flexibility index (Phi) is 2.74. The summed E-state index contributed by atoms with van der Waals surface area (Å²) in [7, 11) is 0. The van der Waals surface area contributed by atoms with Crippen LogP contribution in [0.4, 0.5) is 13.2 Å². The highest BCUT2D eigenvalue weighted by Crippen LogP contribution is 2.38. The third-order valence-corrected chi connectivity index (χ3v) is 3.65. The number of pyridine rings is 1. The third kappa shape index (κ3) is 2.19. The van der Waals surface area contributed by atoms with Gasteiger partial charge >= 0.3 is 6.18 Å². The summed E-state index contributed by atoms with van der Waals surface area (Å²) in [6.45, 7) is 0. The summed E-state index contributed by atoms with van der Waals surface area (Å²) in [5.74, 6) is 0. The molecular formula is C13H7F3N2S. The molecule has 3 rings (SSSR count). The molecule has 0 fully saturated rings. The molecule has 0 aliphatic rings. The van der Waals surface area contributed by atoms with Gasteiger partial charge in [-0.1, -0.05) is 12.1 Å². The monoisotopic (exact) mass is 280 g/mol. The average Bonchev–Trinajstić information content (AvgIpc) is 2.82. The van der Waals surface area contributed by atoms with Gasteiger partial charge < -0.3 is 0 Å². The van der Waals surface area contributed by atoms with Crippen molar-refractivity contribution in [2.24, 2.45) is 0 Å². The molecule has 0 spiro atoms. The first-order valence-corrected chi connectivity index (χ1v) is 6.25. The van der Waals surface area contributed by atoms with E-state index in [9.17, 15) is 13.2 Å². The van der Waals surface area contributed by atoms with E-state index < -0.39 is 11.7 Å². The van der Waals surface area contributed by atoms with Crippen molar-refractivity contribution in [1.82, 2.24) is 9.97 Å². The van der Waals surface area contributed by atoms with Crippen LogP contribution in [0.2, 0.25) is 0 Å². The van der Waals surface area contributed by atoms with Crippen LogP contribution in [-0.4, -0.2) is 9.97 Å². The van der Waals surface area contributed by atoms with Gasteiger partial charge in [0, 0.05) is 6.20 Å². The predicted molar refractivity (Wildman–Crippen MR) is 67.9 cm³/mol. The largest absolute Gasteiger partial charge is 0.418 e. The van der Waals surface area contributed by atoms with Gasteiger partial charge in [-0.15, -0.1) is 11.3 Å². The van der Waals surface area contributed by atoms with Crippen LogP contribution in [0.5, 0.6) is 0 Å². The Balaban J connectivity index is 2.22. The molecule has 0 unspecified atom stereocenters. The summed E-state index contributed by atoms with van der Waals surface area (Å²) < 4.78 is 39.1. The van der Waals surface area contributed by atoms with E-state index in [4.69, 9.17) is 0 Å². The maximum absolute atomic E-state index is 12.9. The first kappa shape index (κ1) is 12.1. The maximum atomic E-state index is 12.9. The maximum Gasteiger partial charge on any atom is 0.418 e. The molecule has 2 aromatic heterocycles. The lowest BCUT2D eigenvalue weighted by Gasteiger charge is -2.05. The highest BCUT2D eigenvalue weighted by Gasteiger charge is 2.33. The average molecular weight is 280 g/mol. The molecule has 2 heterocycles. The highest BCUT2D eigenvalue weighted by atomic mass is 32.1. The van der Waals surface area contributed by atoms with Crippen LogP contribution in [0.25, 0.3) is 20.9 Å². The standard InChI is InChI=1S/C13H7F3N2S/c14-13(15,16)8-4-3-6-10-11(8)18-12(19-10)9-5-1-2-7-17-9/h1-7H. The highest BCUT2D eigenvalue weighted by molar-refractivity contribution is 7.21. The van der Waals surface area contributed by atoms with Crippen LogP contribution >= 0.6 is 11.3 Å². The molecule has 0 N–H and O–H groups in total. The van der Waals surface area contributed by atoms with E-state index in [0.717, 1.165) is 6.07 Å². The fraction of sp³-hybridized carbons (Fsp3) is 0.0769. The number of benzene rings is 1. The second-order valence-electron chi connectivity index (χ2n) is 3.88. The van der Waals surface area contributed by atoms with E-state index in [1.54, 1.807) is 30.5 Å². The van der Waals surface area contributed by atoms with Gasteiger partial charge in [-0.3, -0.25) is 4.98 Å². The summed E-state index contributed by atoms with van der Waals surface area (Å²) in [6, 6.07) is 9.33. The fourth-order valence-electron chi connectivity index (χ4n) is 1.78. The quantitative estimate of drug-likeness (QED) is 0.661. The smallest absolute Gasteiger partial charge is 0.254 e. The SMILES string of the molecule is FC(F)(F)c1cccc2sc(-c3ccccn3)nc12. The van der Waals surface area contributed by atoms with Crippen LogP contribution in [0.15, 0.2) is 42.6 Å². The summed E-state index contributed by atoms with van der Waals surface area (Å²) in [6.07, 6.45) is -2.80. The molecule has 0 aliphatic heterocycles. The van der Waals surface area contributed by atoms with Gasteiger partial charge in [0.15, 0.2) is 0 Å². The number of thiazole rings is 1. The number of fused-ring (bicyclic) bond motifs is 1. The number of rotatable bonds is 1. The zero-order chi connectivity index (χ0) is 13.5. The Hall–Kier alpha value is -1.95. The molecule has 2 nitrogen and oxygen atoms in total. The number of para-hydroxylation sites is 1. The van der Waals surface area contributed by atoms with Crippen molar-refractivity contribution in [1.29, 1.82) is 0 Å². The van der Waals surface area contributed by atoms with Gasteiger partial charge in [0.2, 0.25) is 0 Å². The molecule has 0 amide bonds. The molecule has 19 heavy (non-hydrogen) atoms. The van der Waals surface area contributed by atoms with E-state index in [0.29, 0.717) is 15.4 Å². The van der Waals surface area contributed by atoms with Gasteiger partial charge in [-0.2, -0.15) is 13.2 Å². The molecule has 1 aromatic carbocycles. The van der Waals surface area contributed by atoms with Crippen molar-refractivity contribution in [3.05, 3.63) is 48.2 Å². The first-order chi connectivity index (χ1) is 9.05. The minimum Gasteiger partial charge on any atom is -0.254 e. The molecule has 3 aromatic rings. The van der Waals surface area contributed by atoms with E-state index >= 15 is 0 Å². The Morgan fingerprint density at radius 2 is 1.84 bits per heavy atom. The number of hydrogen-bond donors (Lipinski definition) is 0. The molecule has 0 radical (unpaired) electrons. The number of alkyl halides is 3. The molecule has 0 saturated carbocycles. The van der Waals surface area contributed by atoms with Gasteiger partial charge in [-0.05, 0) is 24.3 Å². The fourth-order valence-corrected chi connectivity index (χ4v) is 2.75.